The monoisotopic (exact) mass is 307 g/mol. The first-order valence-electron chi connectivity index (χ1n) is 5.30. The van der Waals surface area contributed by atoms with E-state index in [0.29, 0.717) is 5.75 Å². The molecule has 0 aliphatic carbocycles. The van der Waals surface area contributed by atoms with Crippen molar-refractivity contribution in [3.05, 3.63) is 21.3 Å². The van der Waals surface area contributed by atoms with Gasteiger partial charge in [-0.3, -0.25) is 9.59 Å². The minimum atomic E-state index is -0.913. The number of carbonyl (C=O) groups excluding carboxylic acids is 1. The lowest BCUT2D eigenvalue weighted by molar-refractivity contribution is -0.137. The Morgan fingerprint density at radius 2 is 2.28 bits per heavy atom. The minimum Gasteiger partial charge on any atom is -0.481 e. The molecule has 0 saturated carbocycles. The number of amides is 1. The van der Waals surface area contributed by atoms with Crippen LogP contribution < -0.4 is 5.32 Å². The van der Waals surface area contributed by atoms with E-state index in [4.69, 9.17) is 16.7 Å². The van der Waals surface area contributed by atoms with Crippen LogP contribution >= 0.6 is 34.7 Å². The highest BCUT2D eigenvalue weighted by molar-refractivity contribution is 7.99. The van der Waals surface area contributed by atoms with Crippen molar-refractivity contribution in [2.75, 3.05) is 5.75 Å². The van der Waals surface area contributed by atoms with Crippen LogP contribution in [0.25, 0.3) is 0 Å². The van der Waals surface area contributed by atoms with Crippen molar-refractivity contribution in [3.8, 4) is 0 Å². The summed E-state index contributed by atoms with van der Waals surface area (Å²) in [6, 6.07) is 3.43. The molecule has 2 N–H and O–H groups in total. The van der Waals surface area contributed by atoms with Gasteiger partial charge in [0.05, 0.1) is 16.5 Å². The fourth-order valence-electron chi connectivity index (χ4n) is 1.30. The molecule has 0 fully saturated rings. The van der Waals surface area contributed by atoms with Gasteiger partial charge < -0.3 is 10.4 Å². The zero-order valence-corrected chi connectivity index (χ0v) is 12.2. The van der Waals surface area contributed by atoms with Gasteiger partial charge in [0.2, 0.25) is 5.91 Å². The highest BCUT2D eigenvalue weighted by Crippen LogP contribution is 2.24. The van der Waals surface area contributed by atoms with Crippen LogP contribution in [0.3, 0.4) is 0 Å². The average Bonchev–Trinajstić information content (AvgIpc) is 2.62. The van der Waals surface area contributed by atoms with Gasteiger partial charge in [-0.25, -0.2) is 0 Å². The molecule has 4 nitrogen and oxygen atoms in total. The number of nitrogens with one attached hydrogen (secondary N) is 1. The second-order valence-corrected chi connectivity index (χ2v) is 6.55. The molecule has 7 heteroatoms. The van der Waals surface area contributed by atoms with Gasteiger partial charge >= 0.3 is 5.97 Å². The molecule has 0 radical (unpaired) electrons. The van der Waals surface area contributed by atoms with Crippen molar-refractivity contribution in [1.29, 1.82) is 0 Å². The molecular formula is C11H14ClNO3S2. The van der Waals surface area contributed by atoms with E-state index < -0.39 is 5.97 Å². The van der Waals surface area contributed by atoms with Gasteiger partial charge in [0, 0.05) is 16.7 Å². The number of hydrogen-bond donors (Lipinski definition) is 2. The molecule has 0 aromatic carbocycles. The van der Waals surface area contributed by atoms with E-state index in [1.54, 1.807) is 6.92 Å². The van der Waals surface area contributed by atoms with E-state index in [1.807, 2.05) is 12.1 Å². The zero-order valence-electron chi connectivity index (χ0n) is 9.81. The molecule has 0 bridgehead atoms. The average molecular weight is 308 g/mol. The third-order valence-corrected chi connectivity index (χ3v) is 4.39. The Bertz CT molecular complexity index is 422. The predicted octanol–water partition coefficient (Wildman–Crippen LogP) is 2.61. The highest BCUT2D eigenvalue weighted by atomic mass is 35.5. The Morgan fingerprint density at radius 3 is 2.83 bits per heavy atom. The molecule has 1 aromatic heterocycles. The van der Waals surface area contributed by atoms with Crippen LogP contribution in [0.2, 0.25) is 4.34 Å². The van der Waals surface area contributed by atoms with Crippen LogP contribution in [0.4, 0.5) is 0 Å². The Hall–Kier alpha value is -0.720. The standard InChI is InChI=1S/C11H14ClNO3S2/c1-7(4-11(15)16)13-10(14)6-17-5-8-2-3-9(12)18-8/h2-3,7H,4-6H2,1H3,(H,13,14)(H,15,16). The van der Waals surface area contributed by atoms with Crippen molar-refractivity contribution in [1.82, 2.24) is 5.32 Å². The molecule has 1 atom stereocenters. The van der Waals surface area contributed by atoms with E-state index in [0.717, 1.165) is 15.0 Å². The van der Waals surface area contributed by atoms with Gasteiger partial charge in [-0.05, 0) is 19.1 Å². The molecule has 0 aliphatic heterocycles. The normalized spacial score (nSPS) is 12.1. The lowest BCUT2D eigenvalue weighted by Crippen LogP contribution is -2.35. The maximum atomic E-state index is 11.5. The van der Waals surface area contributed by atoms with Crippen molar-refractivity contribution >= 4 is 46.6 Å². The minimum absolute atomic E-state index is 0.0586. The number of carbonyl (C=O) groups is 2. The summed E-state index contributed by atoms with van der Waals surface area (Å²) in [5.41, 5.74) is 0. The van der Waals surface area contributed by atoms with E-state index in [9.17, 15) is 9.59 Å². The first-order valence-corrected chi connectivity index (χ1v) is 7.65. The summed E-state index contributed by atoms with van der Waals surface area (Å²) in [5.74, 6) is -0.00231. The quantitative estimate of drug-likeness (QED) is 0.812. The molecule has 1 aromatic rings. The molecule has 1 amide bonds. The fraction of sp³-hybridized carbons (Fsp3) is 0.455. The van der Waals surface area contributed by atoms with Crippen LogP contribution in [0.15, 0.2) is 12.1 Å². The van der Waals surface area contributed by atoms with E-state index in [2.05, 4.69) is 5.32 Å². The smallest absolute Gasteiger partial charge is 0.305 e. The number of aliphatic carboxylic acids is 1. The molecule has 100 valence electrons. The van der Waals surface area contributed by atoms with E-state index in [1.165, 1.54) is 23.1 Å². The third-order valence-electron chi connectivity index (χ3n) is 1.99. The third kappa shape index (κ3) is 6.28. The summed E-state index contributed by atoms with van der Waals surface area (Å²) in [6.45, 7) is 1.68. The second-order valence-electron chi connectivity index (χ2n) is 3.77. The van der Waals surface area contributed by atoms with Crippen LogP contribution in [0, 0.1) is 0 Å². The molecule has 0 spiro atoms. The molecule has 0 aliphatic rings. The number of hydrogen-bond acceptors (Lipinski definition) is 4. The molecule has 1 heterocycles. The lowest BCUT2D eigenvalue weighted by Gasteiger charge is -2.10. The Balaban J connectivity index is 2.19. The molecule has 1 unspecified atom stereocenters. The lowest BCUT2D eigenvalue weighted by atomic mass is 10.2. The van der Waals surface area contributed by atoms with Gasteiger partial charge in [0.25, 0.3) is 0 Å². The van der Waals surface area contributed by atoms with Crippen molar-refractivity contribution < 1.29 is 14.7 Å². The van der Waals surface area contributed by atoms with Crippen LogP contribution in [0.5, 0.6) is 0 Å². The Morgan fingerprint density at radius 1 is 1.56 bits per heavy atom. The Kier molecular flexibility index (Phi) is 6.52. The van der Waals surface area contributed by atoms with Gasteiger partial charge in [-0.1, -0.05) is 11.6 Å². The summed E-state index contributed by atoms with van der Waals surface area (Å²) in [7, 11) is 0. The SMILES string of the molecule is CC(CC(=O)O)NC(=O)CSCc1ccc(Cl)s1. The van der Waals surface area contributed by atoms with Gasteiger partial charge in [0.1, 0.15) is 0 Å². The van der Waals surface area contributed by atoms with Crippen LogP contribution in [-0.4, -0.2) is 28.8 Å². The number of rotatable bonds is 7. The van der Waals surface area contributed by atoms with Crippen LogP contribution in [-0.2, 0) is 15.3 Å². The largest absolute Gasteiger partial charge is 0.481 e. The maximum absolute atomic E-state index is 11.5. The molecular weight excluding hydrogens is 294 g/mol. The maximum Gasteiger partial charge on any atom is 0.305 e. The number of halogens is 1. The van der Waals surface area contributed by atoms with Crippen molar-refractivity contribution in [2.45, 2.75) is 25.1 Å². The second kappa shape index (κ2) is 7.66. The summed E-state index contributed by atoms with van der Waals surface area (Å²) < 4.78 is 0.741. The highest BCUT2D eigenvalue weighted by Gasteiger charge is 2.10. The number of thioether (sulfide) groups is 1. The number of thiophene rings is 1. The van der Waals surface area contributed by atoms with E-state index in [-0.39, 0.29) is 18.4 Å². The van der Waals surface area contributed by atoms with Crippen molar-refractivity contribution in [2.24, 2.45) is 0 Å². The summed E-state index contributed by atoms with van der Waals surface area (Å²) in [4.78, 5) is 23.0. The number of carboxylic acid groups (broad SMARTS) is 1. The van der Waals surface area contributed by atoms with Gasteiger partial charge in [0.15, 0.2) is 0 Å². The first-order chi connectivity index (χ1) is 8.47. The summed E-state index contributed by atoms with van der Waals surface area (Å²) >= 11 is 8.77. The fourth-order valence-corrected chi connectivity index (χ4v) is 3.34. The zero-order chi connectivity index (χ0) is 13.5. The summed E-state index contributed by atoms with van der Waals surface area (Å²) in [6.07, 6.45) is -0.0586. The molecule has 0 saturated heterocycles. The van der Waals surface area contributed by atoms with Crippen molar-refractivity contribution in [3.63, 3.8) is 0 Å². The topological polar surface area (TPSA) is 66.4 Å². The molecule has 18 heavy (non-hydrogen) atoms. The van der Waals surface area contributed by atoms with Gasteiger partial charge in [-0.2, -0.15) is 0 Å². The number of carboxylic acids is 1. The molecule has 1 rings (SSSR count). The Labute approximate surface area is 119 Å². The predicted molar refractivity (Wildman–Crippen MR) is 75.3 cm³/mol. The first kappa shape index (κ1) is 15.3. The summed E-state index contributed by atoms with van der Waals surface area (Å²) in [5, 5.41) is 11.2. The van der Waals surface area contributed by atoms with Crippen LogP contribution in [0.1, 0.15) is 18.2 Å². The van der Waals surface area contributed by atoms with Gasteiger partial charge in [-0.15, -0.1) is 23.1 Å². The van der Waals surface area contributed by atoms with E-state index >= 15 is 0 Å².